The van der Waals surface area contributed by atoms with Crippen molar-refractivity contribution in [2.45, 2.75) is 66.7 Å². The molecule has 0 heterocycles. The first-order valence-electron chi connectivity index (χ1n) is 8.15. The van der Waals surface area contributed by atoms with E-state index in [4.69, 9.17) is 0 Å². The minimum Gasteiger partial charge on any atom is -0.0853 e. The van der Waals surface area contributed by atoms with Crippen molar-refractivity contribution in [3.05, 3.63) is 47.1 Å². The zero-order chi connectivity index (χ0) is 15.0. The van der Waals surface area contributed by atoms with Gasteiger partial charge in [-0.1, -0.05) is 60.9 Å². The predicted molar refractivity (Wildman–Crippen MR) is 91.8 cm³/mol. The van der Waals surface area contributed by atoms with E-state index in [1.165, 1.54) is 36.8 Å². The predicted octanol–water partition coefficient (Wildman–Crippen LogP) is 6.62. The lowest BCUT2D eigenvalue weighted by molar-refractivity contribution is 0.435. The quantitative estimate of drug-likeness (QED) is 0.471. The molecule has 112 valence electrons. The Kier molecular flexibility index (Phi) is 7.65. The Bertz CT molecular complexity index is 402. The van der Waals surface area contributed by atoms with E-state index in [0.717, 1.165) is 12.3 Å². The summed E-state index contributed by atoms with van der Waals surface area (Å²) in [6.07, 6.45) is 17.9. The van der Waals surface area contributed by atoms with Gasteiger partial charge in [0.1, 0.15) is 0 Å². The van der Waals surface area contributed by atoms with Crippen LogP contribution < -0.4 is 0 Å². The minimum atomic E-state index is 0.696. The lowest BCUT2D eigenvalue weighted by Gasteiger charge is -2.17. The van der Waals surface area contributed by atoms with Crippen LogP contribution in [-0.4, -0.2) is 0 Å². The van der Waals surface area contributed by atoms with Crippen LogP contribution >= 0.6 is 0 Å². The molecule has 0 saturated heterocycles. The van der Waals surface area contributed by atoms with Crippen molar-refractivity contribution in [3.63, 3.8) is 0 Å². The number of hydrogen-bond donors (Lipinski definition) is 0. The SMILES string of the molecule is CC1=C/C/C=C(/C)CC/C=C(/C)CCC(C(C)C)/C=C\1. The second-order valence-electron chi connectivity index (χ2n) is 6.63. The third-order valence-electron chi connectivity index (χ3n) is 4.27. The molecule has 0 bridgehead atoms. The van der Waals surface area contributed by atoms with Crippen molar-refractivity contribution in [1.82, 2.24) is 0 Å². The molecule has 1 rings (SSSR count). The Morgan fingerprint density at radius 1 is 0.950 bits per heavy atom. The van der Waals surface area contributed by atoms with Gasteiger partial charge in [-0.15, -0.1) is 0 Å². The summed E-state index contributed by atoms with van der Waals surface area (Å²) in [5, 5.41) is 0. The van der Waals surface area contributed by atoms with E-state index in [2.05, 4.69) is 65.0 Å². The summed E-state index contributed by atoms with van der Waals surface area (Å²) < 4.78 is 0. The first-order valence-corrected chi connectivity index (χ1v) is 8.15. The molecule has 0 spiro atoms. The maximum atomic E-state index is 2.44. The highest BCUT2D eigenvalue weighted by Gasteiger charge is 2.09. The van der Waals surface area contributed by atoms with Crippen molar-refractivity contribution in [2.24, 2.45) is 11.8 Å². The fourth-order valence-electron chi connectivity index (χ4n) is 2.59. The highest BCUT2D eigenvalue weighted by molar-refractivity contribution is 5.19. The van der Waals surface area contributed by atoms with Gasteiger partial charge in [-0.05, 0) is 64.7 Å². The molecule has 0 fully saturated rings. The van der Waals surface area contributed by atoms with Crippen LogP contribution in [0.15, 0.2) is 47.1 Å². The molecule has 1 unspecified atom stereocenters. The molecule has 1 aliphatic rings. The molecule has 1 atom stereocenters. The summed E-state index contributed by atoms with van der Waals surface area (Å²) in [7, 11) is 0. The van der Waals surface area contributed by atoms with Gasteiger partial charge in [0.05, 0.1) is 0 Å². The van der Waals surface area contributed by atoms with Gasteiger partial charge < -0.3 is 0 Å². The molecule has 0 N–H and O–H groups in total. The second kappa shape index (κ2) is 9.00. The number of rotatable bonds is 1. The fraction of sp³-hybridized carbons (Fsp3) is 0.600. The molecule has 0 heteroatoms. The van der Waals surface area contributed by atoms with Crippen LogP contribution in [0.5, 0.6) is 0 Å². The summed E-state index contributed by atoms with van der Waals surface area (Å²) in [5.41, 5.74) is 4.46. The number of hydrogen-bond acceptors (Lipinski definition) is 0. The summed E-state index contributed by atoms with van der Waals surface area (Å²) in [6, 6.07) is 0. The minimum absolute atomic E-state index is 0.696. The molecular formula is C20H32. The van der Waals surface area contributed by atoms with Gasteiger partial charge in [0, 0.05) is 0 Å². The Morgan fingerprint density at radius 2 is 1.65 bits per heavy atom. The molecular weight excluding hydrogens is 240 g/mol. The molecule has 0 aliphatic heterocycles. The fourth-order valence-corrected chi connectivity index (χ4v) is 2.59. The second-order valence-corrected chi connectivity index (χ2v) is 6.63. The first-order chi connectivity index (χ1) is 9.49. The highest BCUT2D eigenvalue weighted by atomic mass is 14.1. The van der Waals surface area contributed by atoms with Crippen molar-refractivity contribution >= 4 is 0 Å². The Labute approximate surface area is 126 Å². The Morgan fingerprint density at radius 3 is 2.35 bits per heavy atom. The van der Waals surface area contributed by atoms with Crippen LogP contribution in [-0.2, 0) is 0 Å². The van der Waals surface area contributed by atoms with E-state index < -0.39 is 0 Å². The van der Waals surface area contributed by atoms with Gasteiger partial charge in [0.15, 0.2) is 0 Å². The maximum Gasteiger partial charge on any atom is -0.0161 e. The first kappa shape index (κ1) is 17.0. The lowest BCUT2D eigenvalue weighted by Crippen LogP contribution is -2.05. The molecule has 0 amide bonds. The molecule has 0 nitrogen and oxygen atoms in total. The van der Waals surface area contributed by atoms with Crippen molar-refractivity contribution in [1.29, 1.82) is 0 Å². The van der Waals surface area contributed by atoms with Gasteiger partial charge in [-0.3, -0.25) is 0 Å². The highest BCUT2D eigenvalue weighted by Crippen LogP contribution is 2.23. The average Bonchev–Trinajstić information content (AvgIpc) is 2.37. The molecule has 0 saturated carbocycles. The van der Waals surface area contributed by atoms with Crippen LogP contribution in [0, 0.1) is 11.8 Å². The standard InChI is InChI=1S/C20H32/c1-16(2)20-14-12-18(4)10-6-8-17(3)9-7-11-19(5)13-15-20/h8,10-12,14,16,20H,6-7,9,13,15H2,1-5H3/b14-12-,17-8-,18-10-,19-11-. The van der Waals surface area contributed by atoms with E-state index in [0.29, 0.717) is 5.92 Å². The maximum absolute atomic E-state index is 2.44. The van der Waals surface area contributed by atoms with Crippen molar-refractivity contribution in [2.75, 3.05) is 0 Å². The lowest BCUT2D eigenvalue weighted by atomic mass is 9.88. The summed E-state index contributed by atoms with van der Waals surface area (Å²) in [5.74, 6) is 1.42. The Hall–Kier alpha value is -1.04. The molecule has 0 aromatic rings. The summed E-state index contributed by atoms with van der Waals surface area (Å²) >= 11 is 0. The van der Waals surface area contributed by atoms with Crippen LogP contribution in [0.3, 0.4) is 0 Å². The third-order valence-corrected chi connectivity index (χ3v) is 4.27. The largest absolute Gasteiger partial charge is 0.0853 e. The summed E-state index contributed by atoms with van der Waals surface area (Å²) in [6.45, 7) is 11.4. The van der Waals surface area contributed by atoms with Gasteiger partial charge in [0.25, 0.3) is 0 Å². The van der Waals surface area contributed by atoms with E-state index in [9.17, 15) is 0 Å². The molecule has 0 radical (unpaired) electrons. The molecule has 1 aliphatic carbocycles. The molecule has 0 aromatic carbocycles. The molecule has 20 heavy (non-hydrogen) atoms. The zero-order valence-corrected chi connectivity index (χ0v) is 14.1. The van der Waals surface area contributed by atoms with Crippen LogP contribution in [0.2, 0.25) is 0 Å². The van der Waals surface area contributed by atoms with Gasteiger partial charge in [-0.25, -0.2) is 0 Å². The normalized spacial score (nSPS) is 32.3. The number of allylic oxidation sites excluding steroid dienone is 8. The van der Waals surface area contributed by atoms with Crippen LogP contribution in [0.25, 0.3) is 0 Å². The summed E-state index contributed by atoms with van der Waals surface area (Å²) in [4.78, 5) is 0. The van der Waals surface area contributed by atoms with Gasteiger partial charge in [0.2, 0.25) is 0 Å². The van der Waals surface area contributed by atoms with Gasteiger partial charge in [-0.2, -0.15) is 0 Å². The topological polar surface area (TPSA) is 0 Å². The zero-order valence-electron chi connectivity index (χ0n) is 14.1. The smallest absolute Gasteiger partial charge is 0.0161 e. The van der Waals surface area contributed by atoms with Crippen molar-refractivity contribution < 1.29 is 0 Å². The van der Waals surface area contributed by atoms with Crippen LogP contribution in [0.4, 0.5) is 0 Å². The van der Waals surface area contributed by atoms with Crippen LogP contribution in [0.1, 0.15) is 66.7 Å². The van der Waals surface area contributed by atoms with E-state index >= 15 is 0 Å². The van der Waals surface area contributed by atoms with Gasteiger partial charge >= 0.3 is 0 Å². The Balaban J connectivity index is 2.85. The average molecular weight is 272 g/mol. The molecule has 0 aromatic heterocycles. The van der Waals surface area contributed by atoms with Crippen molar-refractivity contribution in [3.8, 4) is 0 Å². The third kappa shape index (κ3) is 6.93. The van der Waals surface area contributed by atoms with E-state index in [1.54, 1.807) is 5.57 Å². The van der Waals surface area contributed by atoms with E-state index in [1.807, 2.05) is 0 Å². The van der Waals surface area contributed by atoms with E-state index in [-0.39, 0.29) is 0 Å². The monoisotopic (exact) mass is 272 g/mol.